The summed E-state index contributed by atoms with van der Waals surface area (Å²) in [4.78, 5) is 7.63. The number of hydrogen-bond acceptors (Lipinski definition) is 5. The Morgan fingerprint density at radius 2 is 1.69 bits per heavy atom. The van der Waals surface area contributed by atoms with Crippen LogP contribution in [0.3, 0.4) is 0 Å². The number of piperidine rings is 1. The molecule has 2 bridgehead atoms. The van der Waals surface area contributed by atoms with Gasteiger partial charge in [0.05, 0.1) is 17.0 Å². The van der Waals surface area contributed by atoms with Gasteiger partial charge in [0.15, 0.2) is 0 Å². The summed E-state index contributed by atoms with van der Waals surface area (Å²) in [5.74, 6) is 1.59. The highest BCUT2D eigenvalue weighted by Crippen LogP contribution is 2.42. The molecule has 2 unspecified atom stereocenters. The first-order chi connectivity index (χ1) is 17.2. The zero-order chi connectivity index (χ0) is 25.9. The molecule has 36 heavy (non-hydrogen) atoms. The quantitative estimate of drug-likeness (QED) is 0.400. The van der Waals surface area contributed by atoms with Crippen LogP contribution in [0.4, 0.5) is 0 Å². The fraction of sp³-hybridized carbons (Fsp3) is 0.483. The Hall–Kier alpha value is -2.48. The topological polar surface area (TPSA) is 79.7 Å². The van der Waals surface area contributed by atoms with Crippen LogP contribution in [0.15, 0.2) is 53.4 Å². The summed E-state index contributed by atoms with van der Waals surface area (Å²) in [7, 11) is -1.72. The molecule has 0 radical (unpaired) electrons. The van der Waals surface area contributed by atoms with E-state index in [0.717, 1.165) is 48.4 Å². The van der Waals surface area contributed by atoms with Gasteiger partial charge in [-0.1, -0.05) is 37.6 Å². The van der Waals surface area contributed by atoms with Crippen molar-refractivity contribution in [3.63, 3.8) is 0 Å². The molecule has 3 heterocycles. The van der Waals surface area contributed by atoms with Crippen LogP contribution in [0.1, 0.15) is 68.7 Å². The average Bonchev–Trinajstić information content (AvgIpc) is 3.06. The molecule has 1 aromatic heterocycles. The van der Waals surface area contributed by atoms with E-state index >= 15 is 0 Å². The van der Waals surface area contributed by atoms with E-state index in [-0.39, 0.29) is 4.90 Å². The summed E-state index contributed by atoms with van der Waals surface area (Å²) >= 11 is 0. The standard InChI is InChI=1S/C22H30N2O.C7H8O3S/c1-4-10-25-19-13-15(5-2)20-8-9-21(23-22(20)14-19)16-11-17-6-7-18(12-16)24(17)3;1-6-2-4-7(5-3-6)11(8,9)10/h8-9,13-14,16-18H,4-7,10-12H2,1-3H3;2-5H,1H3,(H,8,9,10). The Bertz CT molecular complexity index is 1280. The third-order valence-corrected chi connectivity index (χ3v) is 8.44. The first kappa shape index (κ1) is 26.6. The molecule has 5 rings (SSSR count). The maximum atomic E-state index is 10.5. The van der Waals surface area contributed by atoms with E-state index in [4.69, 9.17) is 14.3 Å². The predicted octanol–water partition coefficient (Wildman–Crippen LogP) is 6.17. The van der Waals surface area contributed by atoms with Gasteiger partial charge in [-0.05, 0) is 82.3 Å². The Balaban J connectivity index is 0.000000233. The average molecular weight is 511 g/mol. The number of benzene rings is 2. The lowest BCUT2D eigenvalue weighted by Crippen LogP contribution is -2.39. The van der Waals surface area contributed by atoms with E-state index in [1.54, 1.807) is 12.1 Å². The third-order valence-electron chi connectivity index (χ3n) is 7.58. The molecule has 3 aromatic rings. The van der Waals surface area contributed by atoms with E-state index in [1.165, 1.54) is 54.5 Å². The van der Waals surface area contributed by atoms with E-state index in [1.807, 2.05) is 6.92 Å². The number of pyridine rings is 1. The van der Waals surface area contributed by atoms with Gasteiger partial charge in [-0.2, -0.15) is 8.42 Å². The van der Waals surface area contributed by atoms with Crippen molar-refractivity contribution in [2.24, 2.45) is 0 Å². The van der Waals surface area contributed by atoms with E-state index in [0.29, 0.717) is 5.92 Å². The highest BCUT2D eigenvalue weighted by Gasteiger charge is 2.39. The molecule has 194 valence electrons. The van der Waals surface area contributed by atoms with Crippen molar-refractivity contribution in [1.29, 1.82) is 0 Å². The van der Waals surface area contributed by atoms with E-state index in [2.05, 4.69) is 50.1 Å². The second-order valence-corrected chi connectivity index (χ2v) is 11.5. The SMILES string of the molecule is CCCOc1cc(CC)c2ccc(C3CC4CCC(C3)N4C)nc2c1.Cc1ccc(S(=O)(=O)O)cc1. The molecule has 1 N–H and O–H groups in total. The molecule has 2 aliphatic rings. The van der Waals surface area contributed by atoms with Gasteiger partial charge in [0, 0.05) is 35.1 Å². The Morgan fingerprint density at radius 3 is 2.28 bits per heavy atom. The molecule has 7 heteroatoms. The van der Waals surface area contributed by atoms with Crippen LogP contribution in [0.5, 0.6) is 5.75 Å². The third kappa shape index (κ3) is 6.07. The van der Waals surface area contributed by atoms with E-state index < -0.39 is 10.1 Å². The number of nitrogens with zero attached hydrogens (tertiary/aromatic N) is 2. The lowest BCUT2D eigenvalue weighted by Gasteiger charge is -2.36. The fourth-order valence-electron chi connectivity index (χ4n) is 5.48. The largest absolute Gasteiger partial charge is 0.494 e. The van der Waals surface area contributed by atoms with Gasteiger partial charge < -0.3 is 9.64 Å². The zero-order valence-electron chi connectivity index (χ0n) is 21.8. The summed E-state index contributed by atoms with van der Waals surface area (Å²) in [6.45, 7) is 6.97. The Labute approximate surface area is 215 Å². The van der Waals surface area contributed by atoms with Crippen molar-refractivity contribution in [3.05, 3.63) is 65.4 Å². The minimum Gasteiger partial charge on any atom is -0.494 e. The van der Waals surface area contributed by atoms with Crippen LogP contribution in [0.2, 0.25) is 0 Å². The first-order valence-corrected chi connectivity index (χ1v) is 14.5. The fourth-order valence-corrected chi connectivity index (χ4v) is 5.96. The number of rotatable bonds is 6. The van der Waals surface area contributed by atoms with Crippen molar-refractivity contribution in [1.82, 2.24) is 9.88 Å². The molecular formula is C29H38N2O4S. The maximum absolute atomic E-state index is 10.5. The van der Waals surface area contributed by atoms with Gasteiger partial charge in [0.25, 0.3) is 10.1 Å². The maximum Gasteiger partial charge on any atom is 0.294 e. The number of ether oxygens (including phenoxy) is 1. The molecule has 0 saturated carbocycles. The van der Waals surface area contributed by atoms with Crippen molar-refractivity contribution >= 4 is 21.0 Å². The summed E-state index contributed by atoms with van der Waals surface area (Å²) in [5, 5.41) is 1.28. The van der Waals surface area contributed by atoms with Crippen molar-refractivity contribution < 1.29 is 17.7 Å². The normalized spacial score (nSPS) is 21.8. The Kier molecular flexibility index (Phi) is 8.33. The molecule has 0 aliphatic carbocycles. The van der Waals surface area contributed by atoms with Gasteiger partial charge in [0.2, 0.25) is 0 Å². The van der Waals surface area contributed by atoms with Crippen LogP contribution in [0, 0.1) is 6.92 Å². The number of aromatic nitrogens is 1. The van der Waals surface area contributed by atoms with Crippen LogP contribution in [0.25, 0.3) is 10.9 Å². The van der Waals surface area contributed by atoms with Crippen molar-refractivity contribution in [3.8, 4) is 5.75 Å². The summed E-state index contributed by atoms with van der Waals surface area (Å²) < 4.78 is 35.5. The number of hydrogen-bond donors (Lipinski definition) is 1. The number of aryl methyl sites for hydroxylation is 2. The molecule has 2 aromatic carbocycles. The minimum atomic E-state index is -4.02. The summed E-state index contributed by atoms with van der Waals surface area (Å²) in [6.07, 6.45) is 7.29. The predicted molar refractivity (Wildman–Crippen MR) is 144 cm³/mol. The van der Waals surface area contributed by atoms with E-state index in [9.17, 15) is 8.42 Å². The monoisotopic (exact) mass is 510 g/mol. The molecule has 0 amide bonds. The van der Waals surface area contributed by atoms with Gasteiger partial charge in [-0.3, -0.25) is 9.54 Å². The minimum absolute atomic E-state index is 0.0666. The van der Waals surface area contributed by atoms with Gasteiger partial charge in [0.1, 0.15) is 5.75 Å². The first-order valence-electron chi connectivity index (χ1n) is 13.0. The van der Waals surface area contributed by atoms with Crippen molar-refractivity contribution in [2.75, 3.05) is 13.7 Å². The molecule has 2 aliphatic heterocycles. The molecule has 0 spiro atoms. The van der Waals surface area contributed by atoms with Crippen LogP contribution < -0.4 is 4.74 Å². The summed E-state index contributed by atoms with van der Waals surface area (Å²) in [5.41, 5.74) is 4.69. The smallest absolute Gasteiger partial charge is 0.294 e. The Morgan fingerprint density at radius 1 is 1.03 bits per heavy atom. The second kappa shape index (κ2) is 11.3. The second-order valence-electron chi connectivity index (χ2n) is 10.1. The zero-order valence-corrected chi connectivity index (χ0v) is 22.6. The molecule has 6 nitrogen and oxygen atoms in total. The summed E-state index contributed by atoms with van der Waals surface area (Å²) in [6, 6.07) is 16.4. The van der Waals surface area contributed by atoms with Crippen LogP contribution >= 0.6 is 0 Å². The van der Waals surface area contributed by atoms with Crippen molar-refractivity contribution in [2.45, 2.75) is 82.2 Å². The lowest BCUT2D eigenvalue weighted by atomic mass is 9.88. The highest BCUT2D eigenvalue weighted by atomic mass is 32.2. The number of fused-ring (bicyclic) bond motifs is 3. The highest BCUT2D eigenvalue weighted by molar-refractivity contribution is 7.85. The van der Waals surface area contributed by atoms with Gasteiger partial charge in [-0.15, -0.1) is 0 Å². The van der Waals surface area contributed by atoms with Gasteiger partial charge >= 0.3 is 0 Å². The molecule has 2 fully saturated rings. The lowest BCUT2D eigenvalue weighted by molar-refractivity contribution is 0.160. The molecule has 2 saturated heterocycles. The van der Waals surface area contributed by atoms with Crippen LogP contribution in [-0.2, 0) is 16.5 Å². The molecular weight excluding hydrogens is 472 g/mol. The van der Waals surface area contributed by atoms with Gasteiger partial charge in [-0.25, -0.2) is 0 Å². The molecule has 2 atom stereocenters. The van der Waals surface area contributed by atoms with Crippen LogP contribution in [-0.4, -0.2) is 48.6 Å².